The van der Waals surface area contributed by atoms with Gasteiger partial charge in [0.1, 0.15) is 0 Å². The zero-order chi connectivity index (χ0) is 14.8. The summed E-state index contributed by atoms with van der Waals surface area (Å²) in [6.45, 7) is 4.99. The Bertz CT molecular complexity index is 390. The van der Waals surface area contributed by atoms with Crippen LogP contribution in [0, 0.1) is 6.92 Å². The molecule has 0 aliphatic rings. The number of amides is 1. The number of carbonyl (C=O) groups excluding carboxylic acids is 1. The van der Waals surface area contributed by atoms with Gasteiger partial charge in [0.2, 0.25) is 5.91 Å². The van der Waals surface area contributed by atoms with Crippen LogP contribution in [0.5, 0.6) is 0 Å². The first-order chi connectivity index (χ1) is 9.63. The average molecular weight is 278 g/mol. The van der Waals surface area contributed by atoms with E-state index in [9.17, 15) is 4.79 Å². The fraction of sp³-hybridized carbons (Fsp3) is 0.562. The summed E-state index contributed by atoms with van der Waals surface area (Å²) in [5.74, 6) is -0.00999. The molecule has 1 amide bonds. The predicted octanol–water partition coefficient (Wildman–Crippen LogP) is 2.46. The molecule has 0 spiro atoms. The summed E-state index contributed by atoms with van der Waals surface area (Å²) in [6.07, 6.45) is 4.02. The number of carbonyl (C=O) groups is 1. The van der Waals surface area contributed by atoms with Gasteiger partial charge in [-0.25, -0.2) is 0 Å². The van der Waals surface area contributed by atoms with Gasteiger partial charge in [0.05, 0.1) is 6.04 Å². The molecule has 1 rings (SSSR count). The molecule has 4 heteroatoms. The predicted molar refractivity (Wildman–Crippen MR) is 82.8 cm³/mol. The molecule has 1 aromatic carbocycles. The van der Waals surface area contributed by atoms with E-state index in [1.54, 1.807) is 0 Å². The number of aliphatic hydroxyl groups is 1. The topological polar surface area (TPSA) is 61.4 Å². The first-order valence-electron chi connectivity index (χ1n) is 7.35. The number of anilines is 1. The van der Waals surface area contributed by atoms with Gasteiger partial charge in [0, 0.05) is 12.3 Å². The highest BCUT2D eigenvalue weighted by atomic mass is 16.2. The highest BCUT2D eigenvalue weighted by Crippen LogP contribution is 2.08. The Kier molecular flexibility index (Phi) is 7.92. The maximum Gasteiger partial charge on any atom is 0.241 e. The van der Waals surface area contributed by atoms with E-state index in [2.05, 4.69) is 10.6 Å². The molecule has 0 aromatic heterocycles. The largest absolute Gasteiger partial charge is 0.396 e. The van der Waals surface area contributed by atoms with E-state index < -0.39 is 0 Å². The second-order valence-electron chi connectivity index (χ2n) is 5.17. The molecule has 0 bridgehead atoms. The first kappa shape index (κ1) is 16.7. The van der Waals surface area contributed by atoms with Crippen molar-refractivity contribution in [1.29, 1.82) is 0 Å². The van der Waals surface area contributed by atoms with Gasteiger partial charge in [0.15, 0.2) is 0 Å². The molecule has 1 aromatic rings. The van der Waals surface area contributed by atoms with Gasteiger partial charge in [-0.1, -0.05) is 30.5 Å². The zero-order valence-corrected chi connectivity index (χ0v) is 12.5. The minimum Gasteiger partial charge on any atom is -0.396 e. The van der Waals surface area contributed by atoms with E-state index in [-0.39, 0.29) is 18.6 Å². The van der Waals surface area contributed by atoms with E-state index in [1.807, 2.05) is 38.1 Å². The maximum atomic E-state index is 12.0. The van der Waals surface area contributed by atoms with Crippen LogP contribution in [0.15, 0.2) is 24.3 Å². The van der Waals surface area contributed by atoms with Crippen molar-refractivity contribution in [1.82, 2.24) is 5.32 Å². The number of unbranched alkanes of at least 4 members (excludes halogenated alkanes) is 3. The molecule has 1 unspecified atom stereocenters. The summed E-state index contributed by atoms with van der Waals surface area (Å²) in [5, 5.41) is 14.8. The van der Waals surface area contributed by atoms with Crippen LogP contribution in [-0.4, -0.2) is 30.2 Å². The van der Waals surface area contributed by atoms with Gasteiger partial charge in [-0.2, -0.15) is 0 Å². The van der Waals surface area contributed by atoms with Crippen LogP contribution >= 0.6 is 0 Å². The third-order valence-corrected chi connectivity index (χ3v) is 3.25. The highest BCUT2D eigenvalue weighted by Gasteiger charge is 2.11. The summed E-state index contributed by atoms with van der Waals surface area (Å²) in [5.41, 5.74) is 2.01. The van der Waals surface area contributed by atoms with Gasteiger partial charge < -0.3 is 15.7 Å². The number of rotatable bonds is 9. The Hall–Kier alpha value is -1.39. The van der Waals surface area contributed by atoms with Crippen LogP contribution in [0.2, 0.25) is 0 Å². The molecular formula is C16H26N2O2. The lowest BCUT2D eigenvalue weighted by molar-refractivity contribution is -0.117. The fourth-order valence-electron chi connectivity index (χ4n) is 1.89. The van der Waals surface area contributed by atoms with E-state index in [4.69, 9.17) is 5.11 Å². The first-order valence-corrected chi connectivity index (χ1v) is 7.35. The Labute approximate surface area is 121 Å². The highest BCUT2D eigenvalue weighted by molar-refractivity contribution is 5.94. The van der Waals surface area contributed by atoms with Crippen molar-refractivity contribution >= 4 is 11.6 Å². The summed E-state index contributed by atoms with van der Waals surface area (Å²) in [6, 6.07) is 7.59. The van der Waals surface area contributed by atoms with Crippen molar-refractivity contribution in [2.45, 2.75) is 45.6 Å². The molecule has 112 valence electrons. The third kappa shape index (κ3) is 6.68. The van der Waals surface area contributed by atoms with Gasteiger partial charge in [-0.15, -0.1) is 0 Å². The minimum atomic E-state index is -0.200. The van der Waals surface area contributed by atoms with Gasteiger partial charge >= 0.3 is 0 Å². The summed E-state index contributed by atoms with van der Waals surface area (Å²) >= 11 is 0. The number of nitrogens with one attached hydrogen (secondary N) is 2. The molecule has 0 saturated carbocycles. The van der Waals surface area contributed by atoms with Crippen LogP contribution in [0.1, 0.15) is 38.2 Å². The standard InChI is InChI=1S/C16H26N2O2/c1-13-7-9-15(10-8-13)18-16(20)14(2)17-11-5-3-4-6-12-19/h7-10,14,17,19H,3-6,11-12H2,1-2H3,(H,18,20). The van der Waals surface area contributed by atoms with Crippen LogP contribution in [-0.2, 0) is 4.79 Å². The van der Waals surface area contributed by atoms with E-state index in [0.29, 0.717) is 0 Å². The number of benzene rings is 1. The molecule has 20 heavy (non-hydrogen) atoms. The third-order valence-electron chi connectivity index (χ3n) is 3.25. The van der Waals surface area contributed by atoms with Gasteiger partial charge in [-0.05, 0) is 45.4 Å². The number of hydrogen-bond acceptors (Lipinski definition) is 3. The molecule has 0 radical (unpaired) electrons. The number of aryl methyl sites for hydroxylation is 1. The average Bonchev–Trinajstić information content (AvgIpc) is 2.45. The molecule has 1 atom stereocenters. The Morgan fingerprint density at radius 2 is 1.80 bits per heavy atom. The lowest BCUT2D eigenvalue weighted by Gasteiger charge is -2.14. The molecule has 4 nitrogen and oxygen atoms in total. The number of hydrogen-bond donors (Lipinski definition) is 3. The number of aliphatic hydroxyl groups excluding tert-OH is 1. The molecule has 0 saturated heterocycles. The van der Waals surface area contributed by atoms with Crippen molar-refractivity contribution in [3.63, 3.8) is 0 Å². The summed E-state index contributed by atoms with van der Waals surface area (Å²) < 4.78 is 0. The van der Waals surface area contributed by atoms with E-state index in [0.717, 1.165) is 37.9 Å². The maximum absolute atomic E-state index is 12.0. The van der Waals surface area contributed by atoms with Crippen LogP contribution in [0.25, 0.3) is 0 Å². The molecule has 0 heterocycles. The molecule has 3 N–H and O–H groups in total. The molecule has 0 fully saturated rings. The molecule has 0 aliphatic heterocycles. The van der Waals surface area contributed by atoms with Crippen molar-refractivity contribution in [2.24, 2.45) is 0 Å². The fourth-order valence-corrected chi connectivity index (χ4v) is 1.89. The van der Waals surface area contributed by atoms with Crippen LogP contribution < -0.4 is 10.6 Å². The van der Waals surface area contributed by atoms with Crippen molar-refractivity contribution in [2.75, 3.05) is 18.5 Å². The second-order valence-corrected chi connectivity index (χ2v) is 5.17. The Morgan fingerprint density at radius 3 is 2.45 bits per heavy atom. The lowest BCUT2D eigenvalue weighted by Crippen LogP contribution is -2.38. The Balaban J connectivity index is 2.20. The quantitative estimate of drug-likeness (QED) is 0.608. The summed E-state index contributed by atoms with van der Waals surface area (Å²) in [7, 11) is 0. The SMILES string of the molecule is Cc1ccc(NC(=O)C(C)NCCCCCCO)cc1. The monoisotopic (exact) mass is 278 g/mol. The van der Waals surface area contributed by atoms with Crippen molar-refractivity contribution in [3.8, 4) is 0 Å². The Morgan fingerprint density at radius 1 is 1.15 bits per heavy atom. The van der Waals surface area contributed by atoms with E-state index >= 15 is 0 Å². The lowest BCUT2D eigenvalue weighted by atomic mass is 10.2. The smallest absolute Gasteiger partial charge is 0.241 e. The molecule has 0 aliphatic carbocycles. The molecular weight excluding hydrogens is 252 g/mol. The zero-order valence-electron chi connectivity index (χ0n) is 12.5. The van der Waals surface area contributed by atoms with E-state index in [1.165, 1.54) is 5.56 Å². The van der Waals surface area contributed by atoms with Gasteiger partial charge in [-0.3, -0.25) is 4.79 Å². The van der Waals surface area contributed by atoms with Crippen LogP contribution in [0.3, 0.4) is 0 Å². The van der Waals surface area contributed by atoms with Crippen molar-refractivity contribution in [3.05, 3.63) is 29.8 Å². The second kappa shape index (κ2) is 9.50. The van der Waals surface area contributed by atoms with Crippen LogP contribution in [0.4, 0.5) is 5.69 Å². The van der Waals surface area contributed by atoms with Gasteiger partial charge in [0.25, 0.3) is 0 Å². The minimum absolute atomic E-state index is 0.00999. The van der Waals surface area contributed by atoms with Crippen molar-refractivity contribution < 1.29 is 9.90 Å². The normalized spacial score (nSPS) is 12.2. The summed E-state index contributed by atoms with van der Waals surface area (Å²) in [4.78, 5) is 12.0.